The van der Waals surface area contributed by atoms with E-state index >= 15 is 0 Å². The lowest BCUT2D eigenvalue weighted by Crippen LogP contribution is -2.64. The molecule has 0 fully saturated rings. The largest absolute Gasteiger partial charge is 0.458 e. The van der Waals surface area contributed by atoms with Crippen LogP contribution >= 0.6 is 11.8 Å². The standard InChI is InChI=1S/C66H42B2N2OS/c1-5-21-43(22-6-1)47-37-59-65-60(38-47)70(56-34-18-14-30-50(56)46-27-11-4-12-28-46)58-42-63-54(68-52-32-16-20-36-61(52)71-62-39-48(40-64(72-63)66(62)68)44-23-7-2-8-24-44)41-53(58)67(65)51-31-15-19-35-57(51)69(59)55-33-17-13-29-49(55)45-25-9-3-10-26-45/h1-42H. The number of anilines is 6. The SMILES string of the molecule is c1ccc(-c2cc3c4c(c2)Sc2cc5c(cc2B4c2ccccc2O3)B2c3ccccc3N(c3ccccc3-c3ccccc3)c3cc(-c4ccccc4)cc(c32)N5c2ccccc2-c2ccccc2)cc1. The first-order chi connectivity index (χ1) is 35.7. The Morgan fingerprint density at radius 3 is 1.36 bits per heavy atom. The molecule has 0 saturated heterocycles. The number of hydrogen-bond donors (Lipinski definition) is 0. The maximum atomic E-state index is 6.92. The van der Waals surface area contributed by atoms with Gasteiger partial charge in [-0.25, -0.2) is 0 Å². The van der Waals surface area contributed by atoms with Crippen molar-refractivity contribution in [1.82, 2.24) is 0 Å². The Hall–Kier alpha value is -8.70. The van der Waals surface area contributed by atoms with Gasteiger partial charge in [0.15, 0.2) is 0 Å². The van der Waals surface area contributed by atoms with Crippen molar-refractivity contribution < 1.29 is 4.74 Å². The highest BCUT2D eigenvalue weighted by Gasteiger charge is 2.47. The minimum Gasteiger partial charge on any atom is -0.458 e. The number of nitrogens with zero attached hydrogens (tertiary/aromatic N) is 2. The summed E-state index contributed by atoms with van der Waals surface area (Å²) in [6.45, 7) is -0.108. The van der Waals surface area contributed by atoms with Crippen LogP contribution < -0.4 is 47.3 Å². The second-order valence-corrected chi connectivity index (χ2v) is 20.2. The summed E-state index contributed by atoms with van der Waals surface area (Å²) in [5.74, 6) is 1.85. The molecule has 72 heavy (non-hydrogen) atoms. The van der Waals surface area contributed by atoms with Crippen molar-refractivity contribution in [3.8, 4) is 56.0 Å². The number of rotatable bonds is 6. The highest BCUT2D eigenvalue weighted by molar-refractivity contribution is 8.00. The van der Waals surface area contributed by atoms with Crippen LogP contribution in [0.25, 0.3) is 44.5 Å². The molecule has 15 rings (SSSR count). The van der Waals surface area contributed by atoms with E-state index in [0.29, 0.717) is 0 Å². The molecule has 0 atom stereocenters. The van der Waals surface area contributed by atoms with Crippen LogP contribution in [-0.4, -0.2) is 13.4 Å². The van der Waals surface area contributed by atoms with E-state index in [1.807, 2.05) is 11.8 Å². The molecule has 334 valence electrons. The number of hydrogen-bond acceptors (Lipinski definition) is 4. The minimum atomic E-state index is -0.0852. The van der Waals surface area contributed by atoms with E-state index in [1.165, 1.54) is 98.7 Å². The second kappa shape index (κ2) is 16.4. The fourth-order valence-corrected chi connectivity index (χ4v) is 13.3. The molecule has 4 heterocycles. The Labute approximate surface area is 424 Å². The van der Waals surface area contributed by atoms with Crippen molar-refractivity contribution >= 4 is 92.1 Å². The molecular formula is C66H42B2N2OS. The van der Waals surface area contributed by atoms with Crippen LogP contribution in [0.1, 0.15) is 0 Å². The molecular weight excluding hydrogens is 890 g/mol. The summed E-state index contributed by atoms with van der Waals surface area (Å²) in [5.41, 5.74) is 24.0. The smallest absolute Gasteiger partial charge is 0.253 e. The van der Waals surface area contributed by atoms with Crippen LogP contribution in [0, 0.1) is 0 Å². The van der Waals surface area contributed by atoms with Crippen LogP contribution in [0.2, 0.25) is 0 Å². The number of benzene rings is 11. The van der Waals surface area contributed by atoms with Gasteiger partial charge in [-0.2, -0.15) is 0 Å². The van der Waals surface area contributed by atoms with Gasteiger partial charge in [0.1, 0.15) is 11.5 Å². The van der Waals surface area contributed by atoms with Crippen LogP contribution in [0.3, 0.4) is 0 Å². The van der Waals surface area contributed by atoms with Crippen molar-refractivity contribution in [3.63, 3.8) is 0 Å². The third kappa shape index (κ3) is 6.35. The molecule has 4 aliphatic heterocycles. The minimum absolute atomic E-state index is 0.0224. The molecule has 0 amide bonds. The third-order valence-electron chi connectivity index (χ3n) is 15.2. The zero-order valence-corrected chi connectivity index (χ0v) is 39.9. The number of fused-ring (bicyclic) bond motifs is 8. The summed E-state index contributed by atoms with van der Waals surface area (Å²) in [6.07, 6.45) is 0. The summed E-state index contributed by atoms with van der Waals surface area (Å²) >= 11 is 1.88. The van der Waals surface area contributed by atoms with Gasteiger partial charge in [0.25, 0.3) is 13.4 Å². The van der Waals surface area contributed by atoms with Crippen molar-refractivity contribution in [3.05, 3.63) is 255 Å². The van der Waals surface area contributed by atoms with Crippen LogP contribution in [-0.2, 0) is 0 Å². The Bertz CT molecular complexity index is 3960. The molecule has 0 N–H and O–H groups in total. The van der Waals surface area contributed by atoms with Gasteiger partial charge in [-0.3, -0.25) is 0 Å². The van der Waals surface area contributed by atoms with Crippen molar-refractivity contribution in [1.29, 1.82) is 0 Å². The fourth-order valence-electron chi connectivity index (χ4n) is 12.1. The molecule has 0 bridgehead atoms. The Morgan fingerprint density at radius 2 is 0.750 bits per heavy atom. The Balaban J connectivity index is 1.05. The summed E-state index contributed by atoms with van der Waals surface area (Å²) in [5, 5.41) is 0. The van der Waals surface area contributed by atoms with Crippen LogP contribution in [0.5, 0.6) is 11.5 Å². The number of para-hydroxylation sites is 4. The quantitative estimate of drug-likeness (QED) is 0.154. The molecule has 0 aliphatic carbocycles. The molecule has 11 aromatic carbocycles. The van der Waals surface area contributed by atoms with Gasteiger partial charge in [-0.1, -0.05) is 217 Å². The van der Waals surface area contributed by atoms with E-state index in [1.54, 1.807) is 0 Å². The maximum Gasteiger partial charge on any atom is 0.253 e. The molecule has 0 spiro atoms. The molecule has 0 unspecified atom stereocenters. The zero-order valence-electron chi connectivity index (χ0n) is 39.1. The van der Waals surface area contributed by atoms with E-state index < -0.39 is 0 Å². The molecule has 3 nitrogen and oxygen atoms in total. The number of ether oxygens (including phenoxy) is 1. The van der Waals surface area contributed by atoms with Gasteiger partial charge in [0.05, 0.1) is 11.4 Å². The first-order valence-electron chi connectivity index (χ1n) is 24.8. The topological polar surface area (TPSA) is 15.7 Å². The third-order valence-corrected chi connectivity index (χ3v) is 16.3. The van der Waals surface area contributed by atoms with Gasteiger partial charge < -0.3 is 14.5 Å². The molecule has 0 aromatic heterocycles. The van der Waals surface area contributed by atoms with Gasteiger partial charge in [-0.05, 0) is 115 Å². The maximum absolute atomic E-state index is 6.92. The molecule has 0 saturated carbocycles. The summed E-state index contributed by atoms with van der Waals surface area (Å²) in [7, 11) is 0. The van der Waals surface area contributed by atoms with E-state index in [2.05, 4.69) is 265 Å². The van der Waals surface area contributed by atoms with Crippen molar-refractivity contribution in [2.75, 3.05) is 9.80 Å². The predicted octanol–water partition coefficient (Wildman–Crippen LogP) is 13.5. The van der Waals surface area contributed by atoms with Gasteiger partial charge >= 0.3 is 0 Å². The Morgan fingerprint density at radius 1 is 0.278 bits per heavy atom. The fraction of sp³-hybridized carbons (Fsp3) is 0. The molecule has 0 radical (unpaired) electrons. The van der Waals surface area contributed by atoms with Gasteiger partial charge in [0, 0.05) is 43.7 Å². The normalized spacial score (nSPS) is 13.2. The lowest BCUT2D eigenvalue weighted by atomic mass is 9.31. The van der Waals surface area contributed by atoms with E-state index in [0.717, 1.165) is 34.0 Å². The van der Waals surface area contributed by atoms with Gasteiger partial charge in [0.2, 0.25) is 0 Å². The lowest BCUT2D eigenvalue weighted by molar-refractivity contribution is 0.486. The molecule has 6 heteroatoms. The van der Waals surface area contributed by atoms with Crippen molar-refractivity contribution in [2.24, 2.45) is 0 Å². The van der Waals surface area contributed by atoms with Crippen LogP contribution in [0.15, 0.2) is 265 Å². The van der Waals surface area contributed by atoms with E-state index in [4.69, 9.17) is 4.74 Å². The average Bonchev–Trinajstić information content (AvgIpc) is 3.46. The first kappa shape index (κ1) is 41.1. The monoisotopic (exact) mass is 932 g/mol. The lowest BCUT2D eigenvalue weighted by Gasteiger charge is -2.46. The van der Waals surface area contributed by atoms with Gasteiger partial charge in [-0.15, -0.1) is 0 Å². The summed E-state index contributed by atoms with van der Waals surface area (Å²) in [4.78, 5) is 7.65. The summed E-state index contributed by atoms with van der Waals surface area (Å²) < 4.78 is 6.92. The Kier molecular flexibility index (Phi) is 9.39. The molecule has 11 aromatic rings. The van der Waals surface area contributed by atoms with Crippen molar-refractivity contribution in [2.45, 2.75) is 9.79 Å². The van der Waals surface area contributed by atoms with E-state index in [9.17, 15) is 0 Å². The summed E-state index contributed by atoms with van der Waals surface area (Å²) in [6, 6.07) is 93.8. The van der Waals surface area contributed by atoms with E-state index in [-0.39, 0.29) is 13.4 Å². The highest BCUT2D eigenvalue weighted by Crippen LogP contribution is 2.50. The average molecular weight is 933 g/mol. The predicted molar refractivity (Wildman–Crippen MR) is 304 cm³/mol. The second-order valence-electron chi connectivity index (χ2n) is 19.1. The zero-order chi connectivity index (χ0) is 47.3. The van der Waals surface area contributed by atoms with Crippen LogP contribution in [0.4, 0.5) is 34.1 Å². The molecule has 4 aliphatic rings. The first-order valence-corrected chi connectivity index (χ1v) is 25.6. The highest BCUT2D eigenvalue weighted by atomic mass is 32.2.